The Morgan fingerprint density at radius 2 is 0.727 bits per heavy atom. The van der Waals surface area contributed by atoms with Crippen molar-refractivity contribution in [1.82, 2.24) is 0 Å². The molecule has 0 unspecified atom stereocenters. The van der Waals surface area contributed by atoms with E-state index in [1.54, 1.807) is 0 Å². The first-order chi connectivity index (χ1) is 10.9. The molecule has 2 nitrogen and oxygen atoms in total. The van der Waals surface area contributed by atoms with E-state index >= 15 is 0 Å². The minimum atomic E-state index is 0.721. The number of hydrogen-bond donors (Lipinski definition) is 1. The highest BCUT2D eigenvalue weighted by molar-refractivity contribution is 4.50. The number of nitrogens with two attached hydrogens (primary N) is 1. The molecule has 0 atom stereocenters. The minimum Gasteiger partial charge on any atom is -0.305 e. The van der Waals surface area contributed by atoms with Crippen molar-refractivity contribution in [3.63, 3.8) is 0 Å². The van der Waals surface area contributed by atoms with Crippen LogP contribution in [0.2, 0.25) is 0 Å². The standard InChI is InChI=1S/C20H43NO/c1-2-3-4-5-6-7-8-9-10-11-12-13-14-15-16-17-18-19-20-22-21/h2-21H2,1H3. The monoisotopic (exact) mass is 313 g/mol. The lowest BCUT2D eigenvalue weighted by Crippen LogP contribution is -2.00. The van der Waals surface area contributed by atoms with Gasteiger partial charge in [0.1, 0.15) is 0 Å². The molecule has 0 aromatic heterocycles. The summed E-state index contributed by atoms with van der Waals surface area (Å²) in [6.07, 6.45) is 25.4. The fourth-order valence-corrected chi connectivity index (χ4v) is 3.09. The zero-order valence-electron chi connectivity index (χ0n) is 15.4. The molecule has 134 valence electrons. The molecule has 0 aliphatic heterocycles. The quantitative estimate of drug-likeness (QED) is 0.207. The maximum atomic E-state index is 5.00. The van der Waals surface area contributed by atoms with Crippen LogP contribution in [0.1, 0.15) is 122 Å². The number of rotatable bonds is 19. The van der Waals surface area contributed by atoms with Crippen LogP contribution in [0.4, 0.5) is 0 Å². The van der Waals surface area contributed by atoms with Gasteiger partial charge in [0.25, 0.3) is 0 Å². The van der Waals surface area contributed by atoms with Crippen LogP contribution in [0.5, 0.6) is 0 Å². The average molecular weight is 314 g/mol. The summed E-state index contributed by atoms with van der Waals surface area (Å²) in [5.74, 6) is 5.00. The summed E-state index contributed by atoms with van der Waals surface area (Å²) in [5, 5.41) is 0. The molecule has 0 radical (unpaired) electrons. The first-order valence-electron chi connectivity index (χ1n) is 10.2. The smallest absolute Gasteiger partial charge is 0.0679 e. The summed E-state index contributed by atoms with van der Waals surface area (Å²) in [7, 11) is 0. The van der Waals surface area contributed by atoms with Gasteiger partial charge in [-0.25, -0.2) is 5.90 Å². The van der Waals surface area contributed by atoms with E-state index in [4.69, 9.17) is 5.90 Å². The van der Waals surface area contributed by atoms with Gasteiger partial charge < -0.3 is 4.84 Å². The molecule has 0 aromatic carbocycles. The van der Waals surface area contributed by atoms with Crippen molar-refractivity contribution < 1.29 is 4.84 Å². The van der Waals surface area contributed by atoms with Crippen molar-refractivity contribution in [2.45, 2.75) is 122 Å². The summed E-state index contributed by atoms with van der Waals surface area (Å²) in [6.45, 7) is 3.01. The Bertz CT molecular complexity index is 165. The Kier molecular flexibility index (Phi) is 20.8. The van der Waals surface area contributed by atoms with Crippen LogP contribution in [0, 0.1) is 0 Å². The Morgan fingerprint density at radius 1 is 0.455 bits per heavy atom. The van der Waals surface area contributed by atoms with Crippen molar-refractivity contribution in [3.8, 4) is 0 Å². The molecular weight excluding hydrogens is 270 g/mol. The molecule has 0 amide bonds. The second-order valence-corrected chi connectivity index (χ2v) is 6.88. The SMILES string of the molecule is CCCCCCCCCCCCCCCCCCCCON. The van der Waals surface area contributed by atoms with Crippen LogP contribution in [0.15, 0.2) is 0 Å². The molecule has 0 saturated carbocycles. The minimum absolute atomic E-state index is 0.721. The summed E-state index contributed by atoms with van der Waals surface area (Å²) >= 11 is 0. The zero-order valence-corrected chi connectivity index (χ0v) is 15.4. The fourth-order valence-electron chi connectivity index (χ4n) is 3.09. The van der Waals surface area contributed by atoms with E-state index in [2.05, 4.69) is 11.8 Å². The molecule has 0 rings (SSSR count). The van der Waals surface area contributed by atoms with Crippen LogP contribution in [-0.4, -0.2) is 6.61 Å². The van der Waals surface area contributed by atoms with Crippen LogP contribution >= 0.6 is 0 Å². The molecule has 2 heteroatoms. The van der Waals surface area contributed by atoms with E-state index in [1.165, 1.54) is 109 Å². The molecule has 0 aliphatic carbocycles. The van der Waals surface area contributed by atoms with E-state index in [0.717, 1.165) is 13.0 Å². The zero-order chi connectivity index (χ0) is 16.1. The molecule has 22 heavy (non-hydrogen) atoms. The van der Waals surface area contributed by atoms with Gasteiger partial charge in [-0.05, 0) is 6.42 Å². The largest absolute Gasteiger partial charge is 0.305 e. The molecule has 0 heterocycles. The van der Waals surface area contributed by atoms with E-state index in [-0.39, 0.29) is 0 Å². The van der Waals surface area contributed by atoms with Gasteiger partial charge in [0.05, 0.1) is 6.61 Å². The molecule has 2 N–H and O–H groups in total. The first-order valence-corrected chi connectivity index (χ1v) is 10.2. The maximum Gasteiger partial charge on any atom is 0.0679 e. The van der Waals surface area contributed by atoms with Crippen molar-refractivity contribution in [3.05, 3.63) is 0 Å². The van der Waals surface area contributed by atoms with E-state index < -0.39 is 0 Å². The Hall–Kier alpha value is -0.0800. The van der Waals surface area contributed by atoms with E-state index in [9.17, 15) is 0 Å². The molecular formula is C20H43NO. The highest BCUT2D eigenvalue weighted by Gasteiger charge is 1.94. The average Bonchev–Trinajstić information content (AvgIpc) is 2.54. The second kappa shape index (κ2) is 20.9. The fraction of sp³-hybridized carbons (Fsp3) is 1.00. The van der Waals surface area contributed by atoms with Gasteiger partial charge in [-0.15, -0.1) is 0 Å². The summed E-state index contributed by atoms with van der Waals surface area (Å²) in [6, 6.07) is 0. The second-order valence-electron chi connectivity index (χ2n) is 6.88. The molecule has 0 saturated heterocycles. The lowest BCUT2D eigenvalue weighted by atomic mass is 10.0. The van der Waals surface area contributed by atoms with E-state index in [0.29, 0.717) is 0 Å². The van der Waals surface area contributed by atoms with Gasteiger partial charge in [-0.3, -0.25) is 0 Å². The lowest BCUT2D eigenvalue weighted by Gasteiger charge is -2.03. The van der Waals surface area contributed by atoms with Crippen LogP contribution in [-0.2, 0) is 4.84 Å². The van der Waals surface area contributed by atoms with Crippen LogP contribution in [0.3, 0.4) is 0 Å². The molecule has 0 aliphatic rings. The third kappa shape index (κ3) is 19.9. The van der Waals surface area contributed by atoms with Crippen molar-refractivity contribution in [1.29, 1.82) is 0 Å². The highest BCUT2D eigenvalue weighted by Crippen LogP contribution is 2.14. The molecule has 0 bridgehead atoms. The summed E-state index contributed by atoms with van der Waals surface area (Å²) < 4.78 is 0. The summed E-state index contributed by atoms with van der Waals surface area (Å²) in [4.78, 5) is 4.57. The van der Waals surface area contributed by atoms with Crippen molar-refractivity contribution in [2.24, 2.45) is 5.90 Å². The highest BCUT2D eigenvalue weighted by atomic mass is 16.6. The topological polar surface area (TPSA) is 35.2 Å². The van der Waals surface area contributed by atoms with Crippen molar-refractivity contribution in [2.75, 3.05) is 6.61 Å². The molecule has 0 aromatic rings. The molecule has 0 spiro atoms. The normalized spacial score (nSPS) is 11.2. The Morgan fingerprint density at radius 3 is 1.00 bits per heavy atom. The third-order valence-electron chi connectivity index (χ3n) is 4.62. The van der Waals surface area contributed by atoms with Gasteiger partial charge in [-0.2, -0.15) is 0 Å². The predicted octanol–water partition coefficient (Wildman–Crippen LogP) is 6.92. The Balaban J connectivity index is 2.91. The maximum absolute atomic E-state index is 5.00. The first kappa shape index (κ1) is 21.9. The van der Waals surface area contributed by atoms with Gasteiger partial charge >= 0.3 is 0 Å². The van der Waals surface area contributed by atoms with Crippen LogP contribution in [0.25, 0.3) is 0 Å². The third-order valence-corrected chi connectivity index (χ3v) is 4.62. The lowest BCUT2D eigenvalue weighted by molar-refractivity contribution is 0.133. The summed E-state index contributed by atoms with van der Waals surface area (Å²) in [5.41, 5.74) is 0. The predicted molar refractivity (Wildman–Crippen MR) is 98.9 cm³/mol. The van der Waals surface area contributed by atoms with Crippen LogP contribution < -0.4 is 5.90 Å². The van der Waals surface area contributed by atoms with Gasteiger partial charge in [-0.1, -0.05) is 116 Å². The van der Waals surface area contributed by atoms with Gasteiger partial charge in [0, 0.05) is 0 Å². The number of unbranched alkanes of at least 4 members (excludes halogenated alkanes) is 17. The van der Waals surface area contributed by atoms with Gasteiger partial charge in [0.15, 0.2) is 0 Å². The molecule has 0 fully saturated rings. The Labute approximate surface area is 140 Å². The van der Waals surface area contributed by atoms with Gasteiger partial charge in [0.2, 0.25) is 0 Å². The number of hydrogen-bond acceptors (Lipinski definition) is 2. The van der Waals surface area contributed by atoms with E-state index in [1.807, 2.05) is 0 Å². The van der Waals surface area contributed by atoms with Crippen molar-refractivity contribution >= 4 is 0 Å².